The number of rotatable bonds is 7. The lowest BCUT2D eigenvalue weighted by atomic mass is 9.98. The molecular weight excluding hydrogens is 425 g/mol. The van der Waals surface area contributed by atoms with Crippen LogP contribution in [-0.2, 0) is 13.1 Å². The fraction of sp³-hybridized carbons (Fsp3) is 0.103. The first-order valence-electron chi connectivity index (χ1n) is 11.2. The molecule has 168 valence electrons. The normalized spacial score (nSPS) is 11.2. The molecule has 34 heavy (non-hydrogen) atoms. The van der Waals surface area contributed by atoms with Gasteiger partial charge in [-0.3, -0.25) is 9.78 Å². The zero-order valence-electron chi connectivity index (χ0n) is 18.6. The summed E-state index contributed by atoms with van der Waals surface area (Å²) in [7, 11) is 0. The van der Waals surface area contributed by atoms with E-state index in [0.717, 1.165) is 22.1 Å². The molecule has 0 aliphatic rings. The zero-order valence-corrected chi connectivity index (χ0v) is 18.6. The molecule has 2 aromatic heterocycles. The van der Waals surface area contributed by atoms with Gasteiger partial charge in [0.05, 0.1) is 18.1 Å². The molecule has 0 radical (unpaired) electrons. The molecule has 0 saturated carbocycles. The van der Waals surface area contributed by atoms with Crippen LogP contribution < -0.4 is 10.9 Å². The summed E-state index contributed by atoms with van der Waals surface area (Å²) < 4.78 is 15.7. The minimum atomic E-state index is -0.370. The monoisotopic (exact) mass is 449 g/mol. The van der Waals surface area contributed by atoms with Gasteiger partial charge in [0.1, 0.15) is 5.82 Å². The molecule has 5 aromatic rings. The Labute approximate surface area is 197 Å². The van der Waals surface area contributed by atoms with Gasteiger partial charge in [0.25, 0.3) is 5.56 Å². The molecule has 3 aromatic carbocycles. The Morgan fingerprint density at radius 1 is 0.853 bits per heavy atom. The van der Waals surface area contributed by atoms with Crippen LogP contribution in [0.5, 0.6) is 0 Å². The Kier molecular flexibility index (Phi) is 6.27. The lowest BCUT2D eigenvalue weighted by Gasteiger charge is -2.21. The predicted octanol–water partition coefficient (Wildman–Crippen LogP) is 5.46. The van der Waals surface area contributed by atoms with Crippen LogP contribution in [0.1, 0.15) is 28.3 Å². The first-order chi connectivity index (χ1) is 16.7. The maximum absolute atomic E-state index is 14.1. The van der Waals surface area contributed by atoms with Crippen molar-refractivity contribution in [1.82, 2.24) is 14.9 Å². The summed E-state index contributed by atoms with van der Waals surface area (Å²) in [5, 5.41) is 4.39. The molecule has 4 nitrogen and oxygen atoms in total. The maximum Gasteiger partial charge on any atom is 0.255 e. The van der Waals surface area contributed by atoms with Crippen LogP contribution in [0.3, 0.4) is 0 Å². The summed E-state index contributed by atoms with van der Waals surface area (Å²) in [5.74, 6) is -0.370. The molecule has 0 aliphatic heterocycles. The molecule has 0 spiro atoms. The minimum absolute atomic E-state index is 0.0718. The number of halogens is 1. The van der Waals surface area contributed by atoms with Gasteiger partial charge in [-0.1, -0.05) is 66.7 Å². The van der Waals surface area contributed by atoms with Crippen LogP contribution in [0.15, 0.2) is 114 Å². The van der Waals surface area contributed by atoms with Crippen molar-refractivity contribution < 1.29 is 4.39 Å². The van der Waals surface area contributed by atoms with E-state index in [0.29, 0.717) is 24.2 Å². The molecule has 0 saturated heterocycles. The quantitative estimate of drug-likeness (QED) is 0.359. The summed E-state index contributed by atoms with van der Waals surface area (Å²) in [5.41, 5.74) is 4.17. The highest BCUT2D eigenvalue weighted by Crippen LogP contribution is 2.23. The van der Waals surface area contributed by atoms with E-state index in [4.69, 9.17) is 0 Å². The lowest BCUT2D eigenvalue weighted by molar-refractivity contribution is 0.597. The number of hydrogen-bond donors (Lipinski definition) is 1. The Bertz CT molecular complexity index is 1410. The molecule has 0 unspecified atom stereocenters. The van der Waals surface area contributed by atoms with Gasteiger partial charge in [-0.25, -0.2) is 4.39 Å². The van der Waals surface area contributed by atoms with E-state index in [-0.39, 0.29) is 17.4 Å². The molecule has 0 fully saturated rings. The van der Waals surface area contributed by atoms with Crippen molar-refractivity contribution in [3.63, 3.8) is 0 Å². The summed E-state index contributed by atoms with van der Waals surface area (Å²) in [4.78, 5) is 17.7. The average Bonchev–Trinajstić information content (AvgIpc) is 2.88. The Morgan fingerprint density at radius 2 is 1.56 bits per heavy atom. The molecule has 0 amide bonds. The molecule has 0 bridgehead atoms. The molecule has 2 heterocycles. The Hall–Kier alpha value is -4.09. The van der Waals surface area contributed by atoms with Gasteiger partial charge in [0.15, 0.2) is 0 Å². The minimum Gasteiger partial charge on any atom is -0.303 e. The molecule has 0 aliphatic carbocycles. The number of benzene rings is 3. The molecular formula is C29H24FN3O. The summed E-state index contributed by atoms with van der Waals surface area (Å²) >= 11 is 0. The average molecular weight is 450 g/mol. The number of nitrogens with zero attached hydrogens (tertiary/aromatic N) is 2. The first-order valence-corrected chi connectivity index (χ1v) is 11.2. The van der Waals surface area contributed by atoms with Gasteiger partial charge in [0.2, 0.25) is 0 Å². The van der Waals surface area contributed by atoms with E-state index in [1.165, 1.54) is 12.1 Å². The second-order valence-corrected chi connectivity index (χ2v) is 8.26. The number of fused-ring (bicyclic) bond motifs is 1. The van der Waals surface area contributed by atoms with Gasteiger partial charge >= 0.3 is 0 Å². The van der Waals surface area contributed by atoms with Crippen molar-refractivity contribution in [2.45, 2.75) is 19.1 Å². The van der Waals surface area contributed by atoms with Crippen LogP contribution >= 0.6 is 0 Å². The zero-order chi connectivity index (χ0) is 23.3. The van der Waals surface area contributed by atoms with Gasteiger partial charge in [-0.2, -0.15) is 0 Å². The summed E-state index contributed by atoms with van der Waals surface area (Å²) in [6.07, 6.45) is 3.42. The molecule has 5 rings (SSSR count). The summed E-state index contributed by atoms with van der Waals surface area (Å²) in [6.45, 7) is 0.689. The summed E-state index contributed by atoms with van der Waals surface area (Å²) in [6, 6.07) is 30.4. The van der Waals surface area contributed by atoms with Gasteiger partial charge in [-0.05, 0) is 52.4 Å². The van der Waals surface area contributed by atoms with Gasteiger partial charge in [-0.15, -0.1) is 0 Å². The van der Waals surface area contributed by atoms with E-state index < -0.39 is 0 Å². The predicted molar refractivity (Wildman–Crippen MR) is 133 cm³/mol. The third kappa shape index (κ3) is 4.65. The van der Waals surface area contributed by atoms with Gasteiger partial charge in [0, 0.05) is 24.5 Å². The van der Waals surface area contributed by atoms with Crippen molar-refractivity contribution in [1.29, 1.82) is 0 Å². The Balaban J connectivity index is 1.54. The highest BCUT2D eigenvalue weighted by molar-refractivity contribution is 5.79. The van der Waals surface area contributed by atoms with Crippen molar-refractivity contribution >= 4 is 10.9 Å². The second kappa shape index (κ2) is 9.81. The largest absolute Gasteiger partial charge is 0.303 e. The molecule has 0 atom stereocenters. The third-order valence-corrected chi connectivity index (χ3v) is 5.96. The number of aromatic nitrogens is 2. The number of nitrogens with one attached hydrogen (secondary N) is 1. The maximum atomic E-state index is 14.1. The molecule has 1 N–H and O–H groups in total. The second-order valence-electron chi connectivity index (χ2n) is 8.26. The highest BCUT2D eigenvalue weighted by Gasteiger charge is 2.16. The van der Waals surface area contributed by atoms with Crippen LogP contribution in [0, 0.1) is 5.82 Å². The van der Waals surface area contributed by atoms with Crippen molar-refractivity contribution in [3.8, 4) is 0 Å². The third-order valence-electron chi connectivity index (χ3n) is 5.96. The molecule has 5 heteroatoms. The fourth-order valence-corrected chi connectivity index (χ4v) is 4.29. The number of pyridine rings is 2. The SMILES string of the molecule is O=c1c(CNC(c2ccccc2)c2ccccc2)cc2ccc(F)cc2n1Cc1cccnc1. The topological polar surface area (TPSA) is 46.9 Å². The number of hydrogen-bond acceptors (Lipinski definition) is 3. The fourth-order valence-electron chi connectivity index (χ4n) is 4.29. The van der Waals surface area contributed by atoms with E-state index in [9.17, 15) is 9.18 Å². The van der Waals surface area contributed by atoms with Crippen LogP contribution in [0.2, 0.25) is 0 Å². The van der Waals surface area contributed by atoms with Crippen molar-refractivity contribution in [3.05, 3.63) is 148 Å². The van der Waals surface area contributed by atoms with Crippen LogP contribution in [-0.4, -0.2) is 9.55 Å². The van der Waals surface area contributed by atoms with Gasteiger partial charge < -0.3 is 9.88 Å². The van der Waals surface area contributed by atoms with E-state index in [1.807, 2.05) is 54.6 Å². The highest BCUT2D eigenvalue weighted by atomic mass is 19.1. The van der Waals surface area contributed by atoms with Crippen molar-refractivity contribution in [2.75, 3.05) is 0 Å². The van der Waals surface area contributed by atoms with Crippen LogP contribution in [0.4, 0.5) is 4.39 Å². The standard InChI is InChI=1S/C29H24FN3O/c30-26-14-13-24-16-25(29(34)33(27(24)17-26)20-21-8-7-15-31-18-21)19-32-28(22-9-3-1-4-10-22)23-11-5-2-6-12-23/h1-18,28,32H,19-20H2. The Morgan fingerprint density at radius 3 is 2.21 bits per heavy atom. The van der Waals surface area contributed by atoms with E-state index in [2.05, 4.69) is 34.6 Å². The van der Waals surface area contributed by atoms with E-state index >= 15 is 0 Å². The first kappa shape index (κ1) is 21.7. The lowest BCUT2D eigenvalue weighted by Crippen LogP contribution is -2.30. The van der Waals surface area contributed by atoms with Crippen LogP contribution in [0.25, 0.3) is 10.9 Å². The van der Waals surface area contributed by atoms with Crippen molar-refractivity contribution in [2.24, 2.45) is 0 Å². The smallest absolute Gasteiger partial charge is 0.255 e. The van der Waals surface area contributed by atoms with E-state index in [1.54, 1.807) is 23.0 Å².